The Hall–Kier alpha value is -4.94. The second-order valence-corrected chi connectivity index (χ2v) is 12.2. The van der Waals surface area contributed by atoms with E-state index in [4.69, 9.17) is 0 Å². The molecule has 8 aromatic rings. The minimum Gasteiger partial charge on any atom is -0.0616 e. The van der Waals surface area contributed by atoms with E-state index < -0.39 is 0 Å². The molecule has 8 aromatic carbocycles. The van der Waals surface area contributed by atoms with Crippen molar-refractivity contribution in [1.29, 1.82) is 0 Å². The highest BCUT2D eigenvalue weighted by molar-refractivity contribution is 6.26. The van der Waals surface area contributed by atoms with Crippen molar-refractivity contribution in [3.05, 3.63) is 145 Å². The maximum Gasteiger partial charge on any atom is 0.0159 e. The van der Waals surface area contributed by atoms with Crippen LogP contribution in [0.1, 0.15) is 25.0 Å². The Morgan fingerprint density at radius 2 is 0.927 bits per heavy atom. The lowest BCUT2D eigenvalue weighted by Gasteiger charge is -2.23. The number of hydrogen-bond acceptors (Lipinski definition) is 0. The topological polar surface area (TPSA) is 0 Å². The molecule has 0 N–H and O–H groups in total. The van der Waals surface area contributed by atoms with E-state index in [1.807, 2.05) is 0 Å². The Labute approximate surface area is 239 Å². The third kappa shape index (κ3) is 3.16. The van der Waals surface area contributed by atoms with Crippen LogP contribution in [0.2, 0.25) is 0 Å². The number of benzene rings is 8. The second-order valence-electron chi connectivity index (χ2n) is 12.2. The minimum absolute atomic E-state index is 0.0906. The van der Waals surface area contributed by atoms with Gasteiger partial charge in [0.05, 0.1) is 0 Å². The molecule has 0 radical (unpaired) electrons. The van der Waals surface area contributed by atoms with E-state index in [0.717, 1.165) is 0 Å². The van der Waals surface area contributed by atoms with Gasteiger partial charge in [0.15, 0.2) is 0 Å². The SMILES string of the molecule is CC1(C)c2cc(-c3ccc4ccccc4c3)ccc2-c2ccc(-c3cc4cccc5ccc6cccc3c6c54)cc21. The molecule has 0 heterocycles. The molecule has 0 amide bonds. The largest absolute Gasteiger partial charge is 0.0616 e. The van der Waals surface area contributed by atoms with Crippen LogP contribution in [0.5, 0.6) is 0 Å². The average molecular weight is 521 g/mol. The summed E-state index contributed by atoms with van der Waals surface area (Å²) in [5.41, 5.74) is 10.6. The van der Waals surface area contributed by atoms with Crippen molar-refractivity contribution in [2.24, 2.45) is 0 Å². The van der Waals surface area contributed by atoms with Gasteiger partial charge in [-0.25, -0.2) is 0 Å². The normalized spacial score (nSPS) is 13.8. The fourth-order valence-electron chi connectivity index (χ4n) is 7.45. The maximum absolute atomic E-state index is 2.46. The molecule has 0 heteroatoms. The van der Waals surface area contributed by atoms with Gasteiger partial charge in [-0.3, -0.25) is 0 Å². The fourth-order valence-corrected chi connectivity index (χ4v) is 7.45. The Balaban J connectivity index is 1.21. The van der Waals surface area contributed by atoms with Gasteiger partial charge in [0.2, 0.25) is 0 Å². The smallest absolute Gasteiger partial charge is 0.0159 e. The van der Waals surface area contributed by atoms with Gasteiger partial charge >= 0.3 is 0 Å². The summed E-state index contributed by atoms with van der Waals surface area (Å²) < 4.78 is 0. The summed E-state index contributed by atoms with van der Waals surface area (Å²) in [6.45, 7) is 4.77. The number of fused-ring (bicyclic) bond motifs is 4. The van der Waals surface area contributed by atoms with Crippen molar-refractivity contribution in [2.75, 3.05) is 0 Å². The van der Waals surface area contributed by atoms with Gasteiger partial charge in [-0.15, -0.1) is 0 Å². The van der Waals surface area contributed by atoms with E-state index >= 15 is 0 Å². The molecule has 0 fully saturated rings. The molecule has 0 spiro atoms. The van der Waals surface area contributed by atoms with Gasteiger partial charge in [0.1, 0.15) is 0 Å². The van der Waals surface area contributed by atoms with Gasteiger partial charge in [-0.05, 0) is 112 Å². The van der Waals surface area contributed by atoms with Crippen molar-refractivity contribution in [1.82, 2.24) is 0 Å². The molecule has 0 aliphatic heterocycles. The summed E-state index contributed by atoms with van der Waals surface area (Å²) >= 11 is 0. The van der Waals surface area contributed by atoms with E-state index in [9.17, 15) is 0 Å². The fraction of sp³-hybridized carbons (Fsp3) is 0.0732. The predicted molar refractivity (Wildman–Crippen MR) is 176 cm³/mol. The van der Waals surface area contributed by atoms with Gasteiger partial charge in [-0.1, -0.05) is 123 Å². The highest BCUT2D eigenvalue weighted by Gasteiger charge is 2.36. The monoisotopic (exact) mass is 520 g/mol. The lowest BCUT2D eigenvalue weighted by atomic mass is 9.80. The Morgan fingerprint density at radius 1 is 0.366 bits per heavy atom. The van der Waals surface area contributed by atoms with Crippen LogP contribution in [0.3, 0.4) is 0 Å². The van der Waals surface area contributed by atoms with Crippen LogP contribution in [0.4, 0.5) is 0 Å². The van der Waals surface area contributed by atoms with E-state index in [2.05, 4.69) is 147 Å². The molecule has 192 valence electrons. The standard InChI is InChI=1S/C41H28/c1-41(2)37-23-30(29-16-13-25-7-3-4-8-28(25)21-29)17-19-33(37)34-20-18-31(24-38(34)41)36-22-32-11-5-9-26-14-15-27-10-6-12-35(36)40(27)39(26)32/h3-24H,1-2H3. The number of rotatable bonds is 2. The summed E-state index contributed by atoms with van der Waals surface area (Å²) in [6, 6.07) is 50.0. The molecule has 0 nitrogen and oxygen atoms in total. The summed E-state index contributed by atoms with van der Waals surface area (Å²) in [5, 5.41) is 10.6. The van der Waals surface area contributed by atoms with E-state index in [1.165, 1.54) is 87.6 Å². The summed E-state index contributed by atoms with van der Waals surface area (Å²) in [4.78, 5) is 0. The van der Waals surface area contributed by atoms with Crippen LogP contribution in [-0.2, 0) is 5.41 Å². The molecule has 0 unspecified atom stereocenters. The molecule has 0 aromatic heterocycles. The summed E-state index contributed by atoms with van der Waals surface area (Å²) in [7, 11) is 0. The zero-order chi connectivity index (χ0) is 27.3. The zero-order valence-electron chi connectivity index (χ0n) is 23.2. The van der Waals surface area contributed by atoms with Crippen molar-refractivity contribution in [2.45, 2.75) is 19.3 Å². The van der Waals surface area contributed by atoms with Crippen LogP contribution in [0, 0.1) is 0 Å². The summed E-state index contributed by atoms with van der Waals surface area (Å²) in [5.74, 6) is 0. The van der Waals surface area contributed by atoms with Crippen LogP contribution >= 0.6 is 0 Å². The average Bonchev–Trinajstić information content (AvgIpc) is 3.24. The van der Waals surface area contributed by atoms with E-state index in [1.54, 1.807) is 0 Å². The third-order valence-electron chi connectivity index (χ3n) is 9.58. The van der Waals surface area contributed by atoms with Gasteiger partial charge in [0.25, 0.3) is 0 Å². The molecular weight excluding hydrogens is 492 g/mol. The molecular formula is C41H28. The van der Waals surface area contributed by atoms with Crippen LogP contribution in [0.15, 0.2) is 133 Å². The van der Waals surface area contributed by atoms with Crippen molar-refractivity contribution in [3.63, 3.8) is 0 Å². The van der Waals surface area contributed by atoms with Crippen LogP contribution in [0.25, 0.3) is 76.5 Å². The Bertz CT molecular complexity index is 2330. The molecule has 1 aliphatic rings. The first-order valence-electron chi connectivity index (χ1n) is 14.5. The van der Waals surface area contributed by atoms with Crippen molar-refractivity contribution in [3.8, 4) is 33.4 Å². The van der Waals surface area contributed by atoms with Crippen LogP contribution < -0.4 is 0 Å². The number of hydrogen-bond donors (Lipinski definition) is 0. The molecule has 9 rings (SSSR count). The highest BCUT2D eigenvalue weighted by atomic mass is 14.4. The Morgan fingerprint density at radius 3 is 1.73 bits per heavy atom. The second kappa shape index (κ2) is 8.05. The third-order valence-corrected chi connectivity index (χ3v) is 9.58. The Kier molecular flexibility index (Phi) is 4.49. The molecule has 1 aliphatic carbocycles. The lowest BCUT2D eigenvalue weighted by Crippen LogP contribution is -2.15. The predicted octanol–water partition coefficient (Wildman–Crippen LogP) is 11.4. The molecule has 0 saturated heterocycles. The van der Waals surface area contributed by atoms with Gasteiger partial charge < -0.3 is 0 Å². The molecule has 41 heavy (non-hydrogen) atoms. The molecule has 0 bridgehead atoms. The minimum atomic E-state index is -0.0906. The van der Waals surface area contributed by atoms with Crippen LogP contribution in [-0.4, -0.2) is 0 Å². The molecule has 0 atom stereocenters. The zero-order valence-corrected chi connectivity index (χ0v) is 23.2. The molecule has 0 saturated carbocycles. The van der Waals surface area contributed by atoms with E-state index in [0.29, 0.717) is 0 Å². The summed E-state index contributed by atoms with van der Waals surface area (Å²) in [6.07, 6.45) is 0. The first-order valence-corrected chi connectivity index (χ1v) is 14.5. The van der Waals surface area contributed by atoms with Crippen molar-refractivity contribution >= 4 is 43.1 Å². The van der Waals surface area contributed by atoms with Gasteiger partial charge in [-0.2, -0.15) is 0 Å². The first kappa shape index (κ1) is 22.8. The lowest BCUT2D eigenvalue weighted by molar-refractivity contribution is 0.661. The van der Waals surface area contributed by atoms with Crippen molar-refractivity contribution < 1.29 is 0 Å². The highest BCUT2D eigenvalue weighted by Crippen LogP contribution is 2.51. The maximum atomic E-state index is 2.46. The van der Waals surface area contributed by atoms with Gasteiger partial charge in [0, 0.05) is 5.41 Å². The first-order chi connectivity index (χ1) is 20.1. The van der Waals surface area contributed by atoms with E-state index in [-0.39, 0.29) is 5.41 Å². The quantitative estimate of drug-likeness (QED) is 0.199.